The second kappa shape index (κ2) is 4.24. The molecule has 13 heavy (non-hydrogen) atoms. The van der Waals surface area contributed by atoms with Crippen LogP contribution >= 0.6 is 0 Å². The summed E-state index contributed by atoms with van der Waals surface area (Å²) in [7, 11) is 0. The predicted octanol–water partition coefficient (Wildman–Crippen LogP) is 0.296. The smallest absolute Gasteiger partial charge is 0.414 e. The molecule has 70 valence electrons. The Balaban J connectivity index is 2.47. The summed E-state index contributed by atoms with van der Waals surface area (Å²) in [6.45, 7) is 1.87. The topological polar surface area (TPSA) is 84.1 Å². The van der Waals surface area contributed by atoms with E-state index in [-0.39, 0.29) is 12.4 Å². The number of nitrogens with zero attached hydrogens (tertiary/aromatic N) is 1. The van der Waals surface area contributed by atoms with E-state index in [0.717, 1.165) is 0 Å². The van der Waals surface area contributed by atoms with Crippen LogP contribution in [0.25, 0.3) is 0 Å². The summed E-state index contributed by atoms with van der Waals surface area (Å²) in [6.07, 6.45) is 2.13. The maximum atomic E-state index is 11.1. The third-order valence-electron chi connectivity index (χ3n) is 1.20. The van der Waals surface area contributed by atoms with Gasteiger partial charge in [-0.05, 0) is 6.92 Å². The zero-order valence-corrected chi connectivity index (χ0v) is 7.03. The van der Waals surface area contributed by atoms with Crippen LogP contribution in [0.2, 0.25) is 0 Å². The minimum absolute atomic E-state index is 0.0769. The number of amides is 2. The van der Waals surface area contributed by atoms with E-state index in [1.807, 2.05) is 5.32 Å². The molecule has 0 unspecified atom stereocenters. The SMILES string of the molecule is CCOC(=O)NC(=O)c1ncc[nH]1. The molecule has 0 bridgehead atoms. The molecule has 2 N–H and O–H groups in total. The molecule has 0 spiro atoms. The fraction of sp³-hybridized carbons (Fsp3) is 0.286. The van der Waals surface area contributed by atoms with Gasteiger partial charge in [0.05, 0.1) is 6.61 Å². The lowest BCUT2D eigenvalue weighted by Crippen LogP contribution is -2.31. The van der Waals surface area contributed by atoms with Gasteiger partial charge in [-0.1, -0.05) is 0 Å². The first-order chi connectivity index (χ1) is 6.24. The Kier molecular flexibility index (Phi) is 3.02. The minimum atomic E-state index is -0.774. The van der Waals surface area contributed by atoms with Crippen LogP contribution in [0, 0.1) is 0 Å². The number of carbonyl (C=O) groups excluding carboxylic acids is 2. The van der Waals surface area contributed by atoms with Crippen molar-refractivity contribution >= 4 is 12.0 Å². The average molecular weight is 183 g/mol. The van der Waals surface area contributed by atoms with Crippen molar-refractivity contribution in [2.45, 2.75) is 6.92 Å². The lowest BCUT2D eigenvalue weighted by Gasteiger charge is -2.00. The van der Waals surface area contributed by atoms with Crippen molar-refractivity contribution in [3.8, 4) is 0 Å². The van der Waals surface area contributed by atoms with Crippen LogP contribution in [0.15, 0.2) is 12.4 Å². The highest BCUT2D eigenvalue weighted by atomic mass is 16.5. The van der Waals surface area contributed by atoms with Gasteiger partial charge in [0.1, 0.15) is 0 Å². The predicted molar refractivity (Wildman–Crippen MR) is 43.1 cm³/mol. The number of aromatic nitrogens is 2. The quantitative estimate of drug-likeness (QED) is 0.690. The monoisotopic (exact) mass is 183 g/mol. The standard InChI is InChI=1S/C7H9N3O3/c1-2-13-7(12)10-6(11)5-8-3-4-9-5/h3-4H,2H2,1H3,(H,8,9)(H,10,11,12). The third kappa shape index (κ3) is 2.58. The number of imide groups is 1. The molecule has 0 saturated heterocycles. The zero-order valence-electron chi connectivity index (χ0n) is 7.03. The molecule has 0 aliphatic rings. The van der Waals surface area contributed by atoms with Gasteiger partial charge in [0.2, 0.25) is 0 Å². The second-order valence-electron chi connectivity index (χ2n) is 2.11. The summed E-state index contributed by atoms with van der Waals surface area (Å²) in [4.78, 5) is 28.0. The second-order valence-corrected chi connectivity index (χ2v) is 2.11. The number of H-pyrrole nitrogens is 1. The number of hydrogen-bond donors (Lipinski definition) is 2. The van der Waals surface area contributed by atoms with E-state index >= 15 is 0 Å². The number of hydrogen-bond acceptors (Lipinski definition) is 4. The average Bonchev–Trinajstić information content (AvgIpc) is 2.55. The fourth-order valence-electron chi connectivity index (χ4n) is 0.709. The Morgan fingerprint density at radius 1 is 1.69 bits per heavy atom. The highest BCUT2D eigenvalue weighted by molar-refractivity contribution is 6.00. The minimum Gasteiger partial charge on any atom is -0.450 e. The molecule has 0 fully saturated rings. The number of alkyl carbamates (subject to hydrolysis) is 1. The van der Waals surface area contributed by atoms with Gasteiger partial charge in [0.25, 0.3) is 5.91 Å². The van der Waals surface area contributed by atoms with E-state index in [2.05, 4.69) is 14.7 Å². The van der Waals surface area contributed by atoms with Gasteiger partial charge in [-0.25, -0.2) is 9.78 Å². The van der Waals surface area contributed by atoms with E-state index in [4.69, 9.17) is 0 Å². The lowest BCUT2D eigenvalue weighted by atomic mass is 10.6. The first-order valence-electron chi connectivity index (χ1n) is 3.71. The molecule has 0 atom stereocenters. The largest absolute Gasteiger partial charge is 0.450 e. The summed E-state index contributed by atoms with van der Waals surface area (Å²) in [5, 5.41) is 1.99. The van der Waals surface area contributed by atoms with Crippen LogP contribution in [-0.4, -0.2) is 28.6 Å². The van der Waals surface area contributed by atoms with Crippen LogP contribution in [0.3, 0.4) is 0 Å². The number of aromatic amines is 1. The first kappa shape index (κ1) is 9.24. The third-order valence-corrected chi connectivity index (χ3v) is 1.20. The molecule has 6 heteroatoms. The Labute approximate surface area is 74.3 Å². The maximum absolute atomic E-state index is 11.1. The van der Waals surface area contributed by atoms with E-state index < -0.39 is 12.0 Å². The van der Waals surface area contributed by atoms with Gasteiger partial charge < -0.3 is 9.72 Å². The molecule has 0 aliphatic carbocycles. The molecule has 1 rings (SSSR count). The number of carbonyl (C=O) groups is 2. The van der Waals surface area contributed by atoms with E-state index in [9.17, 15) is 9.59 Å². The van der Waals surface area contributed by atoms with Crippen molar-refractivity contribution in [2.24, 2.45) is 0 Å². The first-order valence-corrected chi connectivity index (χ1v) is 3.71. The van der Waals surface area contributed by atoms with Crippen LogP contribution in [-0.2, 0) is 4.74 Å². The van der Waals surface area contributed by atoms with Crippen molar-refractivity contribution in [1.29, 1.82) is 0 Å². The highest BCUT2D eigenvalue weighted by Gasteiger charge is 2.11. The zero-order chi connectivity index (χ0) is 9.68. The van der Waals surface area contributed by atoms with Gasteiger partial charge >= 0.3 is 6.09 Å². The summed E-state index contributed by atoms with van der Waals surface area (Å²) < 4.78 is 4.50. The molecular weight excluding hydrogens is 174 g/mol. The molecular formula is C7H9N3O3. The van der Waals surface area contributed by atoms with Gasteiger partial charge in [0.15, 0.2) is 5.82 Å². The van der Waals surface area contributed by atoms with Crippen LogP contribution < -0.4 is 5.32 Å². The van der Waals surface area contributed by atoms with Gasteiger partial charge in [-0.2, -0.15) is 0 Å². The van der Waals surface area contributed by atoms with E-state index in [1.54, 1.807) is 6.92 Å². The molecule has 0 aromatic carbocycles. The molecule has 0 aliphatic heterocycles. The number of imidazole rings is 1. The van der Waals surface area contributed by atoms with Crippen molar-refractivity contribution in [2.75, 3.05) is 6.61 Å². The molecule has 0 saturated carbocycles. The van der Waals surface area contributed by atoms with Crippen LogP contribution in [0.5, 0.6) is 0 Å². The van der Waals surface area contributed by atoms with Gasteiger partial charge in [0, 0.05) is 12.4 Å². The van der Waals surface area contributed by atoms with Gasteiger partial charge in [-0.3, -0.25) is 10.1 Å². The molecule has 1 heterocycles. The summed E-state index contributed by atoms with van der Waals surface area (Å²) in [5.41, 5.74) is 0. The highest BCUT2D eigenvalue weighted by Crippen LogP contribution is 1.88. The number of rotatable bonds is 2. The number of ether oxygens (including phenoxy) is 1. The summed E-state index contributed by atoms with van der Waals surface area (Å²) in [5.74, 6) is -0.531. The Morgan fingerprint density at radius 3 is 3.00 bits per heavy atom. The van der Waals surface area contributed by atoms with Crippen LogP contribution in [0.4, 0.5) is 4.79 Å². The maximum Gasteiger partial charge on any atom is 0.414 e. The van der Waals surface area contributed by atoms with Crippen LogP contribution in [0.1, 0.15) is 17.5 Å². The molecule has 2 amide bonds. The normalized spacial score (nSPS) is 9.31. The Bertz CT molecular complexity index is 294. The molecule has 6 nitrogen and oxygen atoms in total. The lowest BCUT2D eigenvalue weighted by molar-refractivity contribution is 0.0916. The summed E-state index contributed by atoms with van der Waals surface area (Å²) in [6, 6.07) is 0. The molecule has 1 aromatic heterocycles. The van der Waals surface area contributed by atoms with Crippen molar-refractivity contribution in [3.05, 3.63) is 18.2 Å². The molecule has 1 aromatic rings. The Morgan fingerprint density at radius 2 is 2.46 bits per heavy atom. The number of nitrogens with one attached hydrogen (secondary N) is 2. The molecule has 0 radical (unpaired) electrons. The van der Waals surface area contributed by atoms with Crippen molar-refractivity contribution in [3.63, 3.8) is 0 Å². The van der Waals surface area contributed by atoms with E-state index in [0.29, 0.717) is 0 Å². The van der Waals surface area contributed by atoms with E-state index in [1.165, 1.54) is 12.4 Å². The van der Waals surface area contributed by atoms with Crippen molar-refractivity contribution in [1.82, 2.24) is 15.3 Å². The fourth-order valence-corrected chi connectivity index (χ4v) is 0.709. The summed E-state index contributed by atoms with van der Waals surface area (Å²) >= 11 is 0. The Hall–Kier alpha value is -1.85. The van der Waals surface area contributed by atoms with Crippen molar-refractivity contribution < 1.29 is 14.3 Å². The van der Waals surface area contributed by atoms with Gasteiger partial charge in [-0.15, -0.1) is 0 Å².